The van der Waals surface area contributed by atoms with Crippen molar-refractivity contribution in [2.45, 2.75) is 66.7 Å². The summed E-state index contributed by atoms with van der Waals surface area (Å²) >= 11 is 8.32. The lowest BCUT2D eigenvalue weighted by Gasteiger charge is -2.42. The Bertz CT molecular complexity index is 1120. The van der Waals surface area contributed by atoms with Crippen LogP contribution in [0.4, 0.5) is 5.95 Å². The van der Waals surface area contributed by atoms with Crippen molar-refractivity contribution in [1.29, 1.82) is 0 Å². The van der Waals surface area contributed by atoms with Gasteiger partial charge in [-0.25, -0.2) is 9.97 Å². The van der Waals surface area contributed by atoms with Gasteiger partial charge in [-0.15, -0.1) is 0 Å². The van der Waals surface area contributed by atoms with E-state index in [1.54, 1.807) is 11.8 Å². The van der Waals surface area contributed by atoms with E-state index in [1.165, 1.54) is 32.1 Å². The van der Waals surface area contributed by atoms with Gasteiger partial charge in [0.15, 0.2) is 5.65 Å². The lowest BCUT2D eigenvalue weighted by atomic mass is 9.74. The molecule has 3 aromatic rings. The lowest BCUT2D eigenvalue weighted by molar-refractivity contribution is 0.197. The van der Waals surface area contributed by atoms with Crippen molar-refractivity contribution in [3.63, 3.8) is 0 Å². The second-order valence-electron chi connectivity index (χ2n) is 9.28. The Morgan fingerprint density at radius 3 is 2.61 bits per heavy atom. The summed E-state index contributed by atoms with van der Waals surface area (Å²) < 4.78 is 2.12. The van der Waals surface area contributed by atoms with Gasteiger partial charge in [0.05, 0.1) is 15.6 Å². The molecule has 0 radical (unpaired) electrons. The molecule has 1 aliphatic heterocycles. The topological polar surface area (TPSA) is 72.3 Å². The molecule has 0 amide bonds. The number of halogens is 1. The number of nitrogens with zero attached hydrogens (tertiary/aromatic N) is 5. The number of piperidine rings is 1. The second kappa shape index (κ2) is 7.64. The molecule has 6 rings (SSSR count). The van der Waals surface area contributed by atoms with Gasteiger partial charge in [-0.3, -0.25) is 9.38 Å². The van der Waals surface area contributed by atoms with Gasteiger partial charge in [-0.2, -0.15) is 0 Å². The smallest absolute Gasteiger partial charge is 0.211 e. The van der Waals surface area contributed by atoms with Crippen LogP contribution < -0.4 is 10.6 Å². The van der Waals surface area contributed by atoms with Crippen LogP contribution in [-0.4, -0.2) is 38.5 Å². The van der Waals surface area contributed by atoms with E-state index in [2.05, 4.69) is 19.3 Å². The van der Waals surface area contributed by atoms with Crippen LogP contribution >= 0.6 is 23.4 Å². The van der Waals surface area contributed by atoms with Crippen molar-refractivity contribution in [3.8, 4) is 0 Å². The minimum atomic E-state index is 0.345. The van der Waals surface area contributed by atoms with Crippen LogP contribution in [0.3, 0.4) is 0 Å². The van der Waals surface area contributed by atoms with Gasteiger partial charge in [-0.05, 0) is 50.0 Å². The summed E-state index contributed by atoms with van der Waals surface area (Å²) in [5, 5.41) is 0.776. The van der Waals surface area contributed by atoms with Gasteiger partial charge in [0.2, 0.25) is 5.95 Å². The first kappa shape index (κ1) is 19.8. The zero-order chi connectivity index (χ0) is 21.0. The summed E-state index contributed by atoms with van der Waals surface area (Å²) in [5.41, 5.74) is 8.77. The molecule has 2 N–H and O–H groups in total. The SMILES string of the molecule is NC1CCCC12CCN(c1ncc(Sc3ccnc(C4CC4)c3Cl)c3nccn13)CC2. The Kier molecular flexibility index (Phi) is 4.89. The lowest BCUT2D eigenvalue weighted by Crippen LogP contribution is -2.47. The van der Waals surface area contributed by atoms with Crippen LogP contribution in [0.1, 0.15) is 56.6 Å². The van der Waals surface area contributed by atoms with Crippen LogP contribution in [0.25, 0.3) is 5.65 Å². The normalized spacial score (nSPS) is 23.2. The molecule has 162 valence electrons. The maximum Gasteiger partial charge on any atom is 0.211 e. The Morgan fingerprint density at radius 2 is 1.87 bits per heavy atom. The summed E-state index contributed by atoms with van der Waals surface area (Å²) in [6.07, 6.45) is 16.1. The average molecular weight is 455 g/mol. The number of rotatable bonds is 4. The van der Waals surface area contributed by atoms with Crippen molar-refractivity contribution < 1.29 is 0 Å². The third kappa shape index (κ3) is 3.41. The molecule has 1 unspecified atom stereocenters. The number of fused-ring (bicyclic) bond motifs is 1. The second-order valence-corrected chi connectivity index (χ2v) is 10.7. The van der Waals surface area contributed by atoms with Gasteiger partial charge in [0.25, 0.3) is 0 Å². The van der Waals surface area contributed by atoms with Crippen LogP contribution in [0.15, 0.2) is 40.6 Å². The first-order valence-corrected chi connectivity index (χ1v) is 12.5. The summed E-state index contributed by atoms with van der Waals surface area (Å²) in [5.74, 6) is 1.49. The fourth-order valence-electron chi connectivity index (χ4n) is 5.41. The Hall–Kier alpha value is -1.83. The molecule has 4 heterocycles. The Labute approximate surface area is 191 Å². The molecular weight excluding hydrogens is 428 g/mol. The number of nitrogens with two attached hydrogens (primary N) is 1. The van der Waals surface area contributed by atoms with Crippen LogP contribution in [0.5, 0.6) is 0 Å². The Balaban J connectivity index is 1.27. The number of anilines is 1. The highest BCUT2D eigenvalue weighted by atomic mass is 35.5. The monoisotopic (exact) mass is 454 g/mol. The highest BCUT2D eigenvalue weighted by molar-refractivity contribution is 7.99. The number of aromatic nitrogens is 4. The van der Waals surface area contributed by atoms with Crippen molar-refractivity contribution in [2.24, 2.45) is 11.1 Å². The van der Waals surface area contributed by atoms with Crippen molar-refractivity contribution in [3.05, 3.63) is 41.6 Å². The third-order valence-electron chi connectivity index (χ3n) is 7.46. The van der Waals surface area contributed by atoms with Crippen LogP contribution in [-0.2, 0) is 0 Å². The fourth-order valence-corrected chi connectivity index (χ4v) is 6.70. The molecule has 3 aromatic heterocycles. The molecule has 8 heteroatoms. The zero-order valence-corrected chi connectivity index (χ0v) is 19.1. The van der Waals surface area contributed by atoms with Crippen LogP contribution in [0.2, 0.25) is 5.02 Å². The van der Waals surface area contributed by atoms with E-state index >= 15 is 0 Å². The first-order valence-electron chi connectivity index (χ1n) is 11.3. The molecule has 1 atom stereocenters. The highest BCUT2D eigenvalue weighted by Gasteiger charge is 2.43. The molecule has 2 aliphatic carbocycles. The standard InChI is InChI=1S/C23H27ClN6S/c24-19-16(5-9-26-20(19)15-3-4-15)31-17-14-28-22(30-13-10-27-21(17)30)29-11-7-23(8-12-29)6-1-2-18(23)25/h5,9-10,13-15,18H,1-4,6-8,11-12,25H2. The molecule has 1 spiro atoms. The molecule has 0 bridgehead atoms. The van der Waals surface area contributed by atoms with E-state index in [4.69, 9.17) is 22.3 Å². The van der Waals surface area contributed by atoms with Gasteiger partial charge >= 0.3 is 0 Å². The van der Waals surface area contributed by atoms with Crippen molar-refractivity contribution in [2.75, 3.05) is 18.0 Å². The molecule has 3 aliphatic rings. The van der Waals surface area contributed by atoms with E-state index in [0.717, 1.165) is 58.0 Å². The van der Waals surface area contributed by atoms with E-state index in [1.807, 2.05) is 30.9 Å². The van der Waals surface area contributed by atoms with E-state index < -0.39 is 0 Å². The molecule has 3 fully saturated rings. The summed E-state index contributed by atoms with van der Waals surface area (Å²) in [7, 11) is 0. The minimum absolute atomic E-state index is 0.345. The molecule has 31 heavy (non-hydrogen) atoms. The Morgan fingerprint density at radius 1 is 1.03 bits per heavy atom. The number of hydrogen-bond acceptors (Lipinski definition) is 6. The summed E-state index contributed by atoms with van der Waals surface area (Å²) in [6, 6.07) is 2.35. The summed E-state index contributed by atoms with van der Waals surface area (Å²) in [4.78, 5) is 18.5. The summed E-state index contributed by atoms with van der Waals surface area (Å²) in [6.45, 7) is 2.00. The third-order valence-corrected chi connectivity index (χ3v) is 9.03. The van der Waals surface area contributed by atoms with E-state index in [-0.39, 0.29) is 0 Å². The van der Waals surface area contributed by atoms with E-state index in [9.17, 15) is 0 Å². The average Bonchev–Trinajstić information content (AvgIpc) is 3.40. The number of imidazole rings is 1. The largest absolute Gasteiger partial charge is 0.342 e. The highest BCUT2D eigenvalue weighted by Crippen LogP contribution is 2.47. The molecule has 6 nitrogen and oxygen atoms in total. The molecule has 1 saturated heterocycles. The minimum Gasteiger partial charge on any atom is -0.342 e. The van der Waals surface area contributed by atoms with E-state index in [0.29, 0.717) is 17.4 Å². The maximum absolute atomic E-state index is 6.69. The molecular formula is C23H27ClN6S. The fraction of sp³-hybridized carbons (Fsp3) is 0.522. The maximum atomic E-state index is 6.69. The quantitative estimate of drug-likeness (QED) is 0.604. The van der Waals surface area contributed by atoms with Crippen molar-refractivity contribution in [1.82, 2.24) is 19.4 Å². The first-order chi connectivity index (χ1) is 15.1. The molecule has 0 aromatic carbocycles. The predicted molar refractivity (Wildman–Crippen MR) is 124 cm³/mol. The van der Waals surface area contributed by atoms with Gasteiger partial charge in [0, 0.05) is 54.7 Å². The predicted octanol–water partition coefficient (Wildman–Crippen LogP) is 4.90. The zero-order valence-electron chi connectivity index (χ0n) is 17.5. The molecule has 2 saturated carbocycles. The van der Waals surface area contributed by atoms with Gasteiger partial charge in [-0.1, -0.05) is 29.8 Å². The number of hydrogen-bond donors (Lipinski definition) is 1. The van der Waals surface area contributed by atoms with Crippen molar-refractivity contribution >= 4 is 35.0 Å². The van der Waals surface area contributed by atoms with Gasteiger partial charge in [0.1, 0.15) is 0 Å². The van der Waals surface area contributed by atoms with Gasteiger partial charge < -0.3 is 10.6 Å². The van der Waals surface area contributed by atoms with Crippen LogP contribution in [0, 0.1) is 5.41 Å². The number of pyridine rings is 1.